The Morgan fingerprint density at radius 1 is 1.17 bits per heavy atom. The molecule has 2 aromatic heterocycles. The minimum Gasteiger partial charge on any atom is -0.303 e. The van der Waals surface area contributed by atoms with Crippen LogP contribution in [-0.2, 0) is 13.0 Å². The third-order valence-corrected chi connectivity index (χ3v) is 4.26. The van der Waals surface area contributed by atoms with Crippen molar-refractivity contribution in [2.75, 3.05) is 0 Å². The van der Waals surface area contributed by atoms with Gasteiger partial charge in [-0.05, 0) is 53.5 Å². The molecule has 0 spiro atoms. The quantitative estimate of drug-likeness (QED) is 0.800. The van der Waals surface area contributed by atoms with Crippen LogP contribution >= 0.6 is 0 Å². The summed E-state index contributed by atoms with van der Waals surface area (Å²) in [6, 6.07) is 14.8. The molecule has 0 amide bonds. The van der Waals surface area contributed by atoms with Crippen molar-refractivity contribution in [3.8, 4) is 5.82 Å². The predicted molar refractivity (Wildman–Crippen MR) is 86.0 cm³/mol. The van der Waals surface area contributed by atoms with Crippen molar-refractivity contribution >= 4 is 0 Å². The van der Waals surface area contributed by atoms with E-state index < -0.39 is 0 Å². The largest absolute Gasteiger partial charge is 0.303 e. The molecule has 1 aromatic carbocycles. The summed E-state index contributed by atoms with van der Waals surface area (Å²) in [5.41, 5.74) is 3.77. The number of aryl methyl sites for hydroxylation is 2. The monoisotopic (exact) mass is 306 g/mol. The zero-order chi connectivity index (χ0) is 15.6. The van der Waals surface area contributed by atoms with E-state index in [1.807, 2.05) is 25.1 Å². The lowest BCUT2D eigenvalue weighted by molar-refractivity contribution is 0.512. The first-order chi connectivity index (χ1) is 11.3. The van der Waals surface area contributed by atoms with E-state index in [9.17, 15) is 0 Å². The van der Waals surface area contributed by atoms with Crippen molar-refractivity contribution in [1.82, 2.24) is 30.5 Å². The number of rotatable bonds is 4. The maximum Gasteiger partial charge on any atom is 0.172 e. The highest BCUT2D eigenvalue weighted by Crippen LogP contribution is 2.30. The van der Waals surface area contributed by atoms with Crippen LogP contribution in [0.2, 0.25) is 0 Å². The van der Waals surface area contributed by atoms with Crippen LogP contribution in [0.1, 0.15) is 35.1 Å². The molecule has 0 fully saturated rings. The van der Waals surface area contributed by atoms with E-state index in [2.05, 4.69) is 50.1 Å². The van der Waals surface area contributed by atoms with Gasteiger partial charge in [0.2, 0.25) is 0 Å². The number of nitrogens with one attached hydrogen (secondary N) is 1. The Morgan fingerprint density at radius 2 is 2.09 bits per heavy atom. The fourth-order valence-electron chi connectivity index (χ4n) is 3.12. The van der Waals surface area contributed by atoms with Gasteiger partial charge in [-0.1, -0.05) is 30.3 Å². The van der Waals surface area contributed by atoms with Crippen molar-refractivity contribution in [2.45, 2.75) is 32.4 Å². The molecule has 6 nitrogen and oxygen atoms in total. The highest BCUT2D eigenvalue weighted by molar-refractivity contribution is 5.34. The molecular weight excluding hydrogens is 288 g/mol. The van der Waals surface area contributed by atoms with Gasteiger partial charge in [-0.3, -0.25) is 0 Å². The fourth-order valence-corrected chi connectivity index (χ4v) is 3.12. The zero-order valence-electron chi connectivity index (χ0n) is 13.0. The smallest absolute Gasteiger partial charge is 0.172 e. The van der Waals surface area contributed by atoms with E-state index in [-0.39, 0.29) is 0 Å². The Hall–Kier alpha value is -2.60. The van der Waals surface area contributed by atoms with Crippen LogP contribution in [0.4, 0.5) is 0 Å². The van der Waals surface area contributed by atoms with Crippen LogP contribution in [-0.4, -0.2) is 25.2 Å². The first kappa shape index (κ1) is 14.0. The van der Waals surface area contributed by atoms with Crippen molar-refractivity contribution in [3.63, 3.8) is 0 Å². The summed E-state index contributed by atoms with van der Waals surface area (Å²) >= 11 is 0. The summed E-state index contributed by atoms with van der Waals surface area (Å²) in [4.78, 5) is 4.48. The topological polar surface area (TPSA) is 68.5 Å². The summed E-state index contributed by atoms with van der Waals surface area (Å²) in [7, 11) is 0. The van der Waals surface area contributed by atoms with E-state index in [4.69, 9.17) is 0 Å². The Labute approximate surface area is 134 Å². The Kier molecular flexibility index (Phi) is 3.59. The lowest BCUT2D eigenvalue weighted by Crippen LogP contribution is -2.21. The Balaban J connectivity index is 1.52. The van der Waals surface area contributed by atoms with Crippen LogP contribution in [0.3, 0.4) is 0 Å². The van der Waals surface area contributed by atoms with E-state index >= 15 is 0 Å². The molecule has 0 saturated heterocycles. The van der Waals surface area contributed by atoms with Gasteiger partial charge in [0.1, 0.15) is 0 Å². The normalized spacial score (nSPS) is 16.5. The van der Waals surface area contributed by atoms with E-state index in [1.165, 1.54) is 11.1 Å². The molecule has 1 N–H and O–H groups in total. The number of benzene rings is 1. The maximum atomic E-state index is 4.48. The molecule has 116 valence electrons. The summed E-state index contributed by atoms with van der Waals surface area (Å²) in [6.45, 7) is 2.57. The van der Waals surface area contributed by atoms with Crippen molar-refractivity contribution in [1.29, 1.82) is 0 Å². The zero-order valence-corrected chi connectivity index (χ0v) is 13.0. The average Bonchev–Trinajstić information content (AvgIpc) is 3.20. The Bertz CT molecular complexity index is 825. The standard InChI is InChI=1S/C17H18N6/c1-12-5-4-8-16(19-12)23-17(20-21-22-23)11-18-15-10-9-13-6-2-3-7-14(13)15/h2-8,15,18H,9-11H2,1H3/t15-/m1/s1. The Morgan fingerprint density at radius 3 is 3.00 bits per heavy atom. The van der Waals surface area contributed by atoms with Crippen LogP contribution in [0.25, 0.3) is 5.82 Å². The SMILES string of the molecule is Cc1cccc(-n2nnnc2CN[C@@H]2CCc3ccccc32)n1. The van der Waals surface area contributed by atoms with Gasteiger partial charge in [-0.2, -0.15) is 4.68 Å². The van der Waals surface area contributed by atoms with Crippen LogP contribution in [0, 0.1) is 6.92 Å². The van der Waals surface area contributed by atoms with Gasteiger partial charge in [0.15, 0.2) is 11.6 Å². The number of tetrazole rings is 1. The molecule has 3 aromatic rings. The second-order valence-corrected chi connectivity index (χ2v) is 5.82. The van der Waals surface area contributed by atoms with Crippen LogP contribution < -0.4 is 5.32 Å². The number of aromatic nitrogens is 5. The summed E-state index contributed by atoms with van der Waals surface area (Å²) in [5.74, 6) is 1.52. The first-order valence-electron chi connectivity index (χ1n) is 7.84. The molecule has 2 heterocycles. The van der Waals surface area contributed by atoms with Gasteiger partial charge < -0.3 is 5.32 Å². The second kappa shape index (κ2) is 5.89. The number of nitrogens with zero attached hydrogens (tertiary/aromatic N) is 5. The first-order valence-corrected chi connectivity index (χ1v) is 7.84. The minimum absolute atomic E-state index is 0.363. The molecule has 0 unspecified atom stereocenters. The highest BCUT2D eigenvalue weighted by atomic mass is 15.6. The van der Waals surface area contributed by atoms with Crippen LogP contribution in [0.5, 0.6) is 0 Å². The van der Waals surface area contributed by atoms with Crippen molar-refractivity contribution in [3.05, 3.63) is 65.1 Å². The maximum absolute atomic E-state index is 4.48. The molecule has 0 bridgehead atoms. The van der Waals surface area contributed by atoms with Crippen molar-refractivity contribution < 1.29 is 0 Å². The van der Waals surface area contributed by atoms with Crippen LogP contribution in [0.15, 0.2) is 42.5 Å². The minimum atomic E-state index is 0.363. The predicted octanol–water partition coefficient (Wildman–Crippen LogP) is 2.14. The third-order valence-electron chi connectivity index (χ3n) is 4.26. The molecule has 1 atom stereocenters. The van der Waals surface area contributed by atoms with Gasteiger partial charge >= 0.3 is 0 Å². The van der Waals surface area contributed by atoms with Gasteiger partial charge in [-0.15, -0.1) is 5.10 Å². The van der Waals surface area contributed by atoms with Gasteiger partial charge in [0, 0.05) is 11.7 Å². The number of hydrogen-bond donors (Lipinski definition) is 1. The van der Waals surface area contributed by atoms with Crippen molar-refractivity contribution in [2.24, 2.45) is 0 Å². The molecule has 0 radical (unpaired) electrons. The van der Waals surface area contributed by atoms with Gasteiger partial charge in [-0.25, -0.2) is 4.98 Å². The van der Waals surface area contributed by atoms with Gasteiger partial charge in [0.05, 0.1) is 6.54 Å². The van der Waals surface area contributed by atoms with E-state index in [0.29, 0.717) is 12.6 Å². The molecule has 4 rings (SSSR count). The molecule has 0 saturated carbocycles. The summed E-state index contributed by atoms with van der Waals surface area (Å²) in [6.07, 6.45) is 2.24. The molecular formula is C17H18N6. The molecule has 0 aliphatic heterocycles. The third kappa shape index (κ3) is 2.73. The lowest BCUT2D eigenvalue weighted by Gasteiger charge is -2.13. The second-order valence-electron chi connectivity index (χ2n) is 5.82. The average molecular weight is 306 g/mol. The molecule has 23 heavy (non-hydrogen) atoms. The lowest BCUT2D eigenvalue weighted by atomic mass is 10.1. The van der Waals surface area contributed by atoms with E-state index in [0.717, 1.165) is 30.2 Å². The molecule has 6 heteroatoms. The number of hydrogen-bond acceptors (Lipinski definition) is 5. The highest BCUT2D eigenvalue weighted by Gasteiger charge is 2.22. The number of fused-ring (bicyclic) bond motifs is 1. The fraction of sp³-hybridized carbons (Fsp3) is 0.294. The number of pyridine rings is 1. The summed E-state index contributed by atoms with van der Waals surface area (Å²) < 4.78 is 1.70. The molecule has 1 aliphatic carbocycles. The van der Waals surface area contributed by atoms with E-state index in [1.54, 1.807) is 4.68 Å². The molecule has 1 aliphatic rings. The van der Waals surface area contributed by atoms with Gasteiger partial charge in [0.25, 0.3) is 0 Å². The summed E-state index contributed by atoms with van der Waals surface area (Å²) in [5, 5.41) is 15.6.